The van der Waals surface area contributed by atoms with Gasteiger partial charge in [-0.2, -0.15) is 0 Å². The number of hydrogen-bond donors (Lipinski definition) is 2. The number of anilines is 1. The molecule has 1 aliphatic rings. The van der Waals surface area contributed by atoms with Crippen LogP contribution < -0.4 is 10.7 Å². The zero-order valence-corrected chi connectivity index (χ0v) is 20.6. The summed E-state index contributed by atoms with van der Waals surface area (Å²) < 4.78 is 20.9. The van der Waals surface area contributed by atoms with Gasteiger partial charge in [0.1, 0.15) is 17.2 Å². The highest BCUT2D eigenvalue weighted by Crippen LogP contribution is 2.33. The van der Waals surface area contributed by atoms with Crippen LogP contribution in [0.3, 0.4) is 0 Å². The van der Waals surface area contributed by atoms with Gasteiger partial charge in [0, 0.05) is 40.5 Å². The number of carboxylic acids is 1. The van der Waals surface area contributed by atoms with E-state index >= 15 is 0 Å². The molecule has 0 amide bonds. The lowest BCUT2D eigenvalue weighted by Gasteiger charge is -2.23. The molecule has 2 heterocycles. The predicted molar refractivity (Wildman–Crippen MR) is 140 cm³/mol. The SMILES string of the molecule is C=C1C=CC(c2oc3c(C(C)Nc4ccccc4C(=O)O)cc(F)cc3c(=O)c2C)=CN1C=C(C)C. The highest BCUT2D eigenvalue weighted by molar-refractivity contribution is 5.94. The molecule has 6 nitrogen and oxygen atoms in total. The fourth-order valence-corrected chi connectivity index (χ4v) is 4.17. The number of carboxylic acid groups (broad SMARTS) is 1. The van der Waals surface area contributed by atoms with Crippen LogP contribution in [0.1, 0.15) is 54.1 Å². The number of aromatic carboxylic acids is 1. The molecule has 1 unspecified atom stereocenters. The number of nitrogens with zero attached hydrogens (tertiary/aromatic N) is 1. The first-order valence-electron chi connectivity index (χ1n) is 11.4. The molecule has 0 fully saturated rings. The quantitative estimate of drug-likeness (QED) is 0.400. The highest BCUT2D eigenvalue weighted by Gasteiger charge is 2.22. The van der Waals surface area contributed by atoms with Crippen LogP contribution in [0.25, 0.3) is 16.5 Å². The zero-order chi connectivity index (χ0) is 26.1. The second kappa shape index (κ2) is 9.70. The number of fused-ring (bicyclic) bond motifs is 1. The van der Waals surface area contributed by atoms with E-state index in [1.54, 1.807) is 32.0 Å². The zero-order valence-electron chi connectivity index (χ0n) is 20.6. The van der Waals surface area contributed by atoms with Gasteiger partial charge in [-0.05, 0) is 64.1 Å². The van der Waals surface area contributed by atoms with Crippen molar-refractivity contribution in [1.82, 2.24) is 4.90 Å². The van der Waals surface area contributed by atoms with Crippen molar-refractivity contribution in [1.29, 1.82) is 0 Å². The predicted octanol–water partition coefficient (Wildman–Crippen LogP) is 6.76. The Bertz CT molecular complexity index is 1540. The molecule has 0 radical (unpaired) electrons. The Labute approximate surface area is 208 Å². The van der Waals surface area contributed by atoms with Gasteiger partial charge in [0.2, 0.25) is 0 Å². The normalized spacial score (nSPS) is 14.0. The number of carbonyl (C=O) groups is 1. The number of hydrogen-bond acceptors (Lipinski definition) is 5. The average Bonchev–Trinajstić information content (AvgIpc) is 2.82. The van der Waals surface area contributed by atoms with Gasteiger partial charge in [-0.3, -0.25) is 4.79 Å². The molecule has 2 N–H and O–H groups in total. The van der Waals surface area contributed by atoms with E-state index in [0.29, 0.717) is 28.1 Å². The summed E-state index contributed by atoms with van der Waals surface area (Å²) in [7, 11) is 0. The molecular formula is C29H27FN2O4. The van der Waals surface area contributed by atoms with Gasteiger partial charge in [0.25, 0.3) is 0 Å². The molecule has 184 valence electrons. The van der Waals surface area contributed by atoms with E-state index in [1.807, 2.05) is 43.3 Å². The molecule has 7 heteroatoms. The first kappa shape index (κ1) is 24.7. The Kier molecular flexibility index (Phi) is 6.66. The minimum atomic E-state index is -1.09. The van der Waals surface area contributed by atoms with Gasteiger partial charge in [-0.15, -0.1) is 0 Å². The van der Waals surface area contributed by atoms with Crippen LogP contribution in [-0.2, 0) is 0 Å². The molecule has 2 aromatic carbocycles. The van der Waals surface area contributed by atoms with E-state index in [9.17, 15) is 19.1 Å². The molecule has 1 aliphatic heterocycles. The van der Waals surface area contributed by atoms with E-state index in [4.69, 9.17) is 4.42 Å². The Morgan fingerprint density at radius 1 is 1.22 bits per heavy atom. The van der Waals surface area contributed by atoms with Gasteiger partial charge in [-0.25, -0.2) is 9.18 Å². The van der Waals surface area contributed by atoms with Crippen LogP contribution >= 0.6 is 0 Å². The fourth-order valence-electron chi connectivity index (χ4n) is 4.17. The van der Waals surface area contributed by atoms with Crippen molar-refractivity contribution < 1.29 is 18.7 Å². The third-order valence-corrected chi connectivity index (χ3v) is 5.93. The second-order valence-electron chi connectivity index (χ2n) is 9.00. The summed E-state index contributed by atoms with van der Waals surface area (Å²) in [5, 5.41) is 12.8. The smallest absolute Gasteiger partial charge is 0.337 e. The summed E-state index contributed by atoms with van der Waals surface area (Å²) in [6, 6.07) is 8.35. The van der Waals surface area contributed by atoms with Crippen LogP contribution in [0.4, 0.5) is 10.1 Å². The third kappa shape index (κ3) is 4.73. The first-order chi connectivity index (χ1) is 17.1. The monoisotopic (exact) mass is 486 g/mol. The van der Waals surface area contributed by atoms with E-state index in [-0.39, 0.29) is 22.0 Å². The van der Waals surface area contributed by atoms with Crippen molar-refractivity contribution in [3.8, 4) is 0 Å². The summed E-state index contributed by atoms with van der Waals surface area (Å²) in [5.41, 5.74) is 3.62. The molecule has 4 rings (SSSR count). The van der Waals surface area contributed by atoms with Crippen molar-refractivity contribution >= 4 is 28.2 Å². The molecule has 0 aliphatic carbocycles. The fraction of sp³-hybridized carbons (Fsp3) is 0.172. The molecule has 0 saturated heterocycles. The van der Waals surface area contributed by atoms with Gasteiger partial charge >= 0.3 is 5.97 Å². The van der Waals surface area contributed by atoms with Crippen molar-refractivity contribution in [2.45, 2.75) is 33.7 Å². The lowest BCUT2D eigenvalue weighted by Crippen LogP contribution is -2.16. The Hall–Kier alpha value is -4.39. The van der Waals surface area contributed by atoms with Crippen LogP contribution in [0.5, 0.6) is 0 Å². The van der Waals surface area contributed by atoms with Gasteiger partial charge in [0.15, 0.2) is 5.43 Å². The van der Waals surface area contributed by atoms with E-state index < -0.39 is 17.8 Å². The van der Waals surface area contributed by atoms with E-state index in [0.717, 1.165) is 11.3 Å². The van der Waals surface area contributed by atoms with Gasteiger partial charge < -0.3 is 19.7 Å². The molecule has 3 aromatic rings. The molecular weight excluding hydrogens is 459 g/mol. The number of halogens is 1. The first-order valence-corrected chi connectivity index (χ1v) is 11.4. The van der Waals surface area contributed by atoms with Crippen molar-refractivity contribution in [2.24, 2.45) is 0 Å². The van der Waals surface area contributed by atoms with Gasteiger partial charge in [-0.1, -0.05) is 24.3 Å². The molecule has 0 spiro atoms. The van der Waals surface area contributed by atoms with Crippen LogP contribution in [0, 0.1) is 12.7 Å². The molecule has 0 saturated carbocycles. The maximum Gasteiger partial charge on any atom is 0.337 e. The number of rotatable bonds is 6. The summed E-state index contributed by atoms with van der Waals surface area (Å²) in [6.45, 7) is 11.4. The van der Waals surface area contributed by atoms with Crippen LogP contribution in [0.2, 0.25) is 0 Å². The minimum absolute atomic E-state index is 0.0835. The lowest BCUT2D eigenvalue weighted by molar-refractivity contribution is 0.0698. The maximum absolute atomic E-state index is 14.6. The number of para-hydroxylation sites is 1. The molecule has 0 bridgehead atoms. The van der Waals surface area contributed by atoms with Crippen LogP contribution in [0.15, 0.2) is 88.0 Å². The number of allylic oxidation sites excluding steroid dienone is 4. The second-order valence-corrected chi connectivity index (χ2v) is 9.00. The minimum Gasteiger partial charge on any atom is -0.478 e. The average molecular weight is 487 g/mol. The number of nitrogens with one attached hydrogen (secondary N) is 1. The molecule has 36 heavy (non-hydrogen) atoms. The standard InChI is InChI=1S/C29H27FN2O4/c1-16(2)14-32-15-20(11-10-17(32)3)27-18(4)26(33)24-13-21(30)12-23(28(24)36-27)19(5)31-25-9-7-6-8-22(25)29(34)35/h6-15,19,31H,3H2,1-2,4-5H3,(H,34,35). The maximum atomic E-state index is 14.6. The van der Waals surface area contributed by atoms with E-state index in [1.165, 1.54) is 18.2 Å². The Balaban J connectivity index is 1.87. The van der Waals surface area contributed by atoms with E-state index in [2.05, 4.69) is 11.9 Å². The van der Waals surface area contributed by atoms with Gasteiger partial charge in [0.05, 0.1) is 17.0 Å². The summed E-state index contributed by atoms with van der Waals surface area (Å²) in [4.78, 5) is 26.8. The summed E-state index contributed by atoms with van der Waals surface area (Å²) in [5.74, 6) is -1.30. The largest absolute Gasteiger partial charge is 0.478 e. The summed E-state index contributed by atoms with van der Waals surface area (Å²) >= 11 is 0. The van der Waals surface area contributed by atoms with Crippen molar-refractivity contribution in [3.63, 3.8) is 0 Å². The molecule has 1 aromatic heterocycles. The van der Waals surface area contributed by atoms with Crippen molar-refractivity contribution in [3.05, 3.63) is 117 Å². The van der Waals surface area contributed by atoms with Crippen LogP contribution in [-0.4, -0.2) is 16.0 Å². The topological polar surface area (TPSA) is 82.8 Å². The number of benzene rings is 2. The molecule has 1 atom stereocenters. The third-order valence-electron chi connectivity index (χ3n) is 5.93. The Morgan fingerprint density at radius 2 is 1.94 bits per heavy atom. The van der Waals surface area contributed by atoms with Crippen molar-refractivity contribution in [2.75, 3.05) is 5.32 Å². The summed E-state index contributed by atoms with van der Waals surface area (Å²) in [6.07, 6.45) is 7.41. The lowest BCUT2D eigenvalue weighted by atomic mass is 10.00. The highest BCUT2D eigenvalue weighted by atomic mass is 19.1. The Morgan fingerprint density at radius 3 is 2.64 bits per heavy atom.